The molecule has 1 saturated heterocycles. The molecular weight excluding hydrogens is 410 g/mol. The van der Waals surface area contributed by atoms with Crippen LogP contribution in [0.2, 0.25) is 0 Å². The maximum absolute atomic E-state index is 12.4. The van der Waals surface area contributed by atoms with Gasteiger partial charge in [0.15, 0.2) is 10.3 Å². The smallest absolute Gasteiger partial charge is 0.325 e. The third-order valence-corrected chi connectivity index (χ3v) is 6.91. The largest absolute Gasteiger partial charge is 0.468 e. The number of aromatic nitrogens is 2. The van der Waals surface area contributed by atoms with Crippen LogP contribution in [0.25, 0.3) is 20.4 Å². The third kappa shape index (κ3) is 4.27. The molecule has 0 aliphatic carbocycles. The Labute approximate surface area is 176 Å². The maximum atomic E-state index is 12.4. The van der Waals surface area contributed by atoms with Crippen molar-refractivity contribution in [1.82, 2.24) is 14.9 Å². The fourth-order valence-electron chi connectivity index (χ4n) is 3.41. The highest BCUT2D eigenvalue weighted by Crippen LogP contribution is 2.36. The number of fused-ring (bicyclic) bond motifs is 2. The molecule has 1 aliphatic heterocycles. The van der Waals surface area contributed by atoms with Crippen molar-refractivity contribution in [1.29, 1.82) is 0 Å². The van der Waals surface area contributed by atoms with E-state index in [0.717, 1.165) is 57.1 Å². The van der Waals surface area contributed by atoms with Crippen molar-refractivity contribution in [3.63, 3.8) is 0 Å². The topological polar surface area (TPSA) is 96.5 Å². The predicted octanol–water partition coefficient (Wildman–Crippen LogP) is 3.22. The molecule has 29 heavy (non-hydrogen) atoms. The molecule has 0 saturated carbocycles. The van der Waals surface area contributed by atoms with Crippen LogP contribution in [-0.2, 0) is 14.3 Å². The van der Waals surface area contributed by atoms with Gasteiger partial charge in [-0.1, -0.05) is 22.7 Å². The van der Waals surface area contributed by atoms with Gasteiger partial charge >= 0.3 is 5.97 Å². The van der Waals surface area contributed by atoms with E-state index in [4.69, 9.17) is 0 Å². The van der Waals surface area contributed by atoms with E-state index >= 15 is 0 Å². The minimum Gasteiger partial charge on any atom is -0.468 e. The number of likely N-dealkylation sites (tertiary alicyclic amines) is 1. The lowest BCUT2D eigenvalue weighted by atomic mass is 10.1. The number of esters is 1. The number of amides is 1. The fraction of sp³-hybridized carbons (Fsp3) is 0.474. The summed E-state index contributed by atoms with van der Waals surface area (Å²) in [5.41, 5.74) is 2.75. The average molecular weight is 434 g/mol. The van der Waals surface area contributed by atoms with E-state index in [1.807, 2.05) is 11.8 Å². The molecule has 3 heterocycles. The highest BCUT2D eigenvalue weighted by Gasteiger charge is 2.18. The molecular formula is C19H23N5O3S2. The predicted molar refractivity (Wildman–Crippen MR) is 117 cm³/mol. The van der Waals surface area contributed by atoms with Crippen molar-refractivity contribution in [3.05, 3.63) is 11.6 Å². The first-order valence-electron chi connectivity index (χ1n) is 9.58. The molecule has 0 unspecified atom stereocenters. The molecule has 0 radical (unpaired) electrons. The quantitative estimate of drug-likeness (QED) is 0.576. The van der Waals surface area contributed by atoms with Crippen LogP contribution in [0.1, 0.15) is 24.8 Å². The van der Waals surface area contributed by atoms with Crippen LogP contribution in [0, 0.1) is 6.92 Å². The van der Waals surface area contributed by atoms with Crippen LogP contribution in [0.4, 0.5) is 10.3 Å². The molecule has 4 rings (SSSR count). The van der Waals surface area contributed by atoms with Gasteiger partial charge in [0.1, 0.15) is 6.54 Å². The zero-order valence-electron chi connectivity index (χ0n) is 16.4. The van der Waals surface area contributed by atoms with Crippen molar-refractivity contribution in [2.24, 2.45) is 0 Å². The number of carbonyl (C=O) groups is 2. The lowest BCUT2D eigenvalue weighted by molar-refractivity contribution is -0.138. The number of thiazole rings is 2. The van der Waals surface area contributed by atoms with Crippen molar-refractivity contribution >= 4 is 65.2 Å². The van der Waals surface area contributed by atoms with E-state index in [-0.39, 0.29) is 25.0 Å². The zero-order chi connectivity index (χ0) is 20.4. The summed E-state index contributed by atoms with van der Waals surface area (Å²) in [6.45, 7) is 4.06. The van der Waals surface area contributed by atoms with Crippen LogP contribution in [0.5, 0.6) is 0 Å². The van der Waals surface area contributed by atoms with Gasteiger partial charge in [0.25, 0.3) is 0 Å². The lowest BCUT2D eigenvalue weighted by Crippen LogP contribution is -2.39. The number of aryl methyl sites for hydroxylation is 1. The summed E-state index contributed by atoms with van der Waals surface area (Å²) < 4.78 is 6.72. The number of ether oxygens (including phenoxy) is 1. The molecule has 0 atom stereocenters. The minimum atomic E-state index is -0.335. The maximum Gasteiger partial charge on any atom is 0.325 e. The highest BCUT2D eigenvalue weighted by molar-refractivity contribution is 7.24. The number of benzene rings is 1. The summed E-state index contributed by atoms with van der Waals surface area (Å²) in [4.78, 5) is 34.9. The Morgan fingerprint density at radius 1 is 1.03 bits per heavy atom. The van der Waals surface area contributed by atoms with Gasteiger partial charge in [-0.3, -0.25) is 9.59 Å². The van der Waals surface area contributed by atoms with Gasteiger partial charge < -0.3 is 20.3 Å². The molecule has 0 bridgehead atoms. The van der Waals surface area contributed by atoms with E-state index in [1.165, 1.54) is 36.2 Å². The van der Waals surface area contributed by atoms with Gasteiger partial charge in [0.2, 0.25) is 5.91 Å². The third-order valence-electron chi connectivity index (χ3n) is 4.99. The molecule has 10 heteroatoms. The van der Waals surface area contributed by atoms with E-state index < -0.39 is 0 Å². The first kappa shape index (κ1) is 19.8. The second-order valence-corrected chi connectivity index (χ2v) is 9.02. The number of anilines is 2. The number of piperidine rings is 1. The van der Waals surface area contributed by atoms with Crippen molar-refractivity contribution in [2.45, 2.75) is 26.2 Å². The van der Waals surface area contributed by atoms with Crippen LogP contribution in [0.3, 0.4) is 0 Å². The molecule has 2 N–H and O–H groups in total. The van der Waals surface area contributed by atoms with Gasteiger partial charge in [-0.25, -0.2) is 9.97 Å². The van der Waals surface area contributed by atoms with E-state index in [9.17, 15) is 9.59 Å². The van der Waals surface area contributed by atoms with Crippen molar-refractivity contribution in [2.75, 3.05) is 43.9 Å². The zero-order valence-corrected chi connectivity index (χ0v) is 18.0. The van der Waals surface area contributed by atoms with Crippen LogP contribution < -0.4 is 10.6 Å². The van der Waals surface area contributed by atoms with Gasteiger partial charge in [-0.15, -0.1) is 0 Å². The average Bonchev–Trinajstić information content (AvgIpc) is 3.35. The summed E-state index contributed by atoms with van der Waals surface area (Å²) in [6, 6.07) is 2.06. The molecule has 1 amide bonds. The Bertz CT molecular complexity index is 1060. The summed E-state index contributed by atoms with van der Waals surface area (Å²) >= 11 is 3.03. The standard InChI is InChI=1S/C19H23N5O3S2/c1-11-16-12(8-13-17(11)23-19(29-13)21-10-15(26)27-2)28-18(22-16)20-9-14(25)24-6-4-3-5-7-24/h8H,3-7,9-10H2,1-2H3,(H,20,22)(H,21,23). The van der Waals surface area contributed by atoms with E-state index in [1.54, 1.807) is 0 Å². The number of hydrogen-bond donors (Lipinski definition) is 2. The Hall–Kier alpha value is -2.46. The first-order chi connectivity index (χ1) is 14.0. The van der Waals surface area contributed by atoms with Gasteiger partial charge in [0.05, 0.1) is 34.1 Å². The van der Waals surface area contributed by atoms with E-state index in [0.29, 0.717) is 5.13 Å². The van der Waals surface area contributed by atoms with Gasteiger partial charge in [-0.2, -0.15) is 0 Å². The number of hydrogen-bond acceptors (Lipinski definition) is 9. The fourth-order valence-corrected chi connectivity index (χ4v) is 5.40. The lowest BCUT2D eigenvalue weighted by Gasteiger charge is -2.26. The van der Waals surface area contributed by atoms with Crippen LogP contribution in [0.15, 0.2) is 6.07 Å². The number of methoxy groups -OCH3 is 1. The summed E-state index contributed by atoms with van der Waals surface area (Å²) in [7, 11) is 1.36. The summed E-state index contributed by atoms with van der Waals surface area (Å²) in [5.74, 6) is -0.205. The summed E-state index contributed by atoms with van der Waals surface area (Å²) in [5, 5.41) is 7.61. The second kappa shape index (κ2) is 8.50. The first-order valence-corrected chi connectivity index (χ1v) is 11.2. The molecule has 8 nitrogen and oxygen atoms in total. The number of rotatable bonds is 6. The second-order valence-electron chi connectivity index (χ2n) is 6.96. The Morgan fingerprint density at radius 3 is 2.21 bits per heavy atom. The Morgan fingerprint density at radius 2 is 1.62 bits per heavy atom. The van der Waals surface area contributed by atoms with Crippen LogP contribution >= 0.6 is 22.7 Å². The van der Waals surface area contributed by atoms with E-state index in [2.05, 4.69) is 31.4 Å². The Balaban J connectivity index is 1.49. The van der Waals surface area contributed by atoms with Crippen molar-refractivity contribution < 1.29 is 14.3 Å². The van der Waals surface area contributed by atoms with Crippen LogP contribution in [-0.4, -0.2) is 60.0 Å². The Kier molecular flexibility index (Phi) is 5.81. The normalized spacial score (nSPS) is 14.3. The number of nitrogens with one attached hydrogen (secondary N) is 2. The molecule has 3 aromatic rings. The van der Waals surface area contributed by atoms with Gasteiger partial charge in [-0.05, 0) is 32.3 Å². The van der Waals surface area contributed by atoms with Crippen molar-refractivity contribution in [3.8, 4) is 0 Å². The molecule has 0 spiro atoms. The summed E-state index contributed by atoms with van der Waals surface area (Å²) in [6.07, 6.45) is 3.39. The monoisotopic (exact) mass is 433 g/mol. The molecule has 1 aromatic carbocycles. The number of nitrogens with zero attached hydrogens (tertiary/aromatic N) is 3. The highest BCUT2D eigenvalue weighted by atomic mass is 32.1. The number of carbonyl (C=O) groups excluding carboxylic acids is 2. The van der Waals surface area contributed by atoms with Gasteiger partial charge in [0, 0.05) is 18.7 Å². The SMILES string of the molecule is COC(=O)CNc1nc2c(C)c3nc(NCC(=O)N4CCCCC4)sc3cc2s1. The minimum absolute atomic E-state index is 0.0844. The molecule has 154 valence electrons. The molecule has 1 aliphatic rings. The molecule has 1 fully saturated rings. The molecule has 2 aromatic heterocycles.